The summed E-state index contributed by atoms with van der Waals surface area (Å²) in [6.45, 7) is 1.74. The fourth-order valence-electron chi connectivity index (χ4n) is 3.55. The molecule has 0 saturated carbocycles. The number of rotatable bonds is 6. The predicted molar refractivity (Wildman–Crippen MR) is 124 cm³/mol. The quantitative estimate of drug-likeness (QED) is 0.226. The van der Waals surface area contributed by atoms with Crippen molar-refractivity contribution in [2.45, 2.75) is 13.3 Å². The minimum absolute atomic E-state index is 0.0811. The fraction of sp³-hybridized carbons (Fsp3) is 0.0833. The molecule has 0 aliphatic carbocycles. The Hall–Kier alpha value is -4.11. The van der Waals surface area contributed by atoms with Crippen LogP contribution in [-0.2, 0) is 6.42 Å². The molecule has 10 heteroatoms. The Morgan fingerprint density at radius 2 is 1.97 bits per heavy atom. The van der Waals surface area contributed by atoms with Crippen LogP contribution in [-0.4, -0.2) is 32.1 Å². The van der Waals surface area contributed by atoms with E-state index >= 15 is 0 Å². The summed E-state index contributed by atoms with van der Waals surface area (Å²) >= 11 is 6.32. The Kier molecular flexibility index (Phi) is 6.65. The highest BCUT2D eigenvalue weighted by molar-refractivity contribution is 6.32. The third-order valence-electron chi connectivity index (χ3n) is 5.08. The van der Waals surface area contributed by atoms with Gasteiger partial charge in [-0.15, -0.1) is 0 Å². The molecule has 0 radical (unpaired) electrons. The second-order valence-corrected chi connectivity index (χ2v) is 7.75. The zero-order valence-electron chi connectivity index (χ0n) is 17.8. The summed E-state index contributed by atoms with van der Waals surface area (Å²) in [5, 5.41) is 18.9. The Bertz CT molecular complexity index is 1390. The number of nitrogens with one attached hydrogen (secondary N) is 1. The summed E-state index contributed by atoms with van der Waals surface area (Å²) in [6, 6.07) is 14.2. The number of carbonyl (C=O) groups is 1. The van der Waals surface area contributed by atoms with Gasteiger partial charge in [0.25, 0.3) is 5.91 Å². The van der Waals surface area contributed by atoms with Crippen molar-refractivity contribution < 1.29 is 18.8 Å². The number of pyridine rings is 1. The highest BCUT2D eigenvalue weighted by Gasteiger charge is 2.26. The molecule has 1 amide bonds. The molecule has 2 aromatic carbocycles. The maximum atomic E-state index is 14.6. The second kappa shape index (κ2) is 9.80. The van der Waals surface area contributed by atoms with Gasteiger partial charge in [-0.2, -0.15) is 5.10 Å². The van der Waals surface area contributed by atoms with Crippen LogP contribution in [0.4, 0.5) is 14.5 Å². The van der Waals surface area contributed by atoms with E-state index in [4.69, 9.17) is 16.8 Å². The van der Waals surface area contributed by atoms with Gasteiger partial charge in [-0.05, 0) is 30.7 Å². The van der Waals surface area contributed by atoms with Crippen molar-refractivity contribution >= 4 is 29.4 Å². The van der Waals surface area contributed by atoms with Gasteiger partial charge in [0.1, 0.15) is 17.3 Å². The van der Waals surface area contributed by atoms with Crippen LogP contribution in [0.15, 0.2) is 65.9 Å². The molecule has 0 saturated heterocycles. The van der Waals surface area contributed by atoms with Gasteiger partial charge >= 0.3 is 0 Å². The molecule has 34 heavy (non-hydrogen) atoms. The minimum Gasteiger partial charge on any atom is -0.411 e. The lowest BCUT2D eigenvalue weighted by atomic mass is 10.0. The monoisotopic (exact) mass is 481 g/mol. The van der Waals surface area contributed by atoms with E-state index in [1.54, 1.807) is 19.1 Å². The number of benzene rings is 2. The Morgan fingerprint density at radius 1 is 1.21 bits per heavy atom. The normalized spacial score (nSPS) is 11.2. The lowest BCUT2D eigenvalue weighted by Gasteiger charge is -2.13. The number of nitrogens with zero attached hydrogens (tertiary/aromatic N) is 4. The summed E-state index contributed by atoms with van der Waals surface area (Å²) in [4.78, 5) is 17.8. The van der Waals surface area contributed by atoms with Gasteiger partial charge < -0.3 is 10.5 Å². The highest BCUT2D eigenvalue weighted by Crippen LogP contribution is 2.27. The molecule has 0 unspecified atom stereocenters. The molecule has 7 nitrogen and oxygen atoms in total. The van der Waals surface area contributed by atoms with Gasteiger partial charge in [0, 0.05) is 29.8 Å². The van der Waals surface area contributed by atoms with Crippen LogP contribution in [0, 0.1) is 18.6 Å². The van der Waals surface area contributed by atoms with Crippen LogP contribution in [0.25, 0.3) is 5.82 Å². The predicted octanol–water partition coefficient (Wildman–Crippen LogP) is 5.16. The van der Waals surface area contributed by atoms with Gasteiger partial charge in [-0.1, -0.05) is 47.1 Å². The molecule has 0 fully saturated rings. The largest absolute Gasteiger partial charge is 0.411 e. The van der Waals surface area contributed by atoms with Crippen molar-refractivity contribution in [1.29, 1.82) is 0 Å². The molecule has 0 aliphatic heterocycles. The van der Waals surface area contributed by atoms with Crippen molar-refractivity contribution in [2.24, 2.45) is 5.16 Å². The number of anilines is 1. The number of halogens is 3. The van der Waals surface area contributed by atoms with Gasteiger partial charge in [0.2, 0.25) is 0 Å². The van der Waals surface area contributed by atoms with Gasteiger partial charge in [-0.25, -0.2) is 18.4 Å². The molecular formula is C24H18ClF2N5O2. The second-order valence-electron chi connectivity index (χ2n) is 7.35. The van der Waals surface area contributed by atoms with Crippen molar-refractivity contribution in [3.05, 3.63) is 106 Å². The Labute approximate surface area is 198 Å². The fourth-order valence-corrected chi connectivity index (χ4v) is 3.75. The topological polar surface area (TPSA) is 92.4 Å². The third-order valence-corrected chi connectivity index (χ3v) is 5.38. The van der Waals surface area contributed by atoms with E-state index in [0.29, 0.717) is 23.7 Å². The summed E-state index contributed by atoms with van der Waals surface area (Å²) in [5.41, 5.74) is 1.62. The molecule has 0 bridgehead atoms. The first-order valence-electron chi connectivity index (χ1n) is 10.1. The number of aryl methyl sites for hydroxylation is 1. The van der Waals surface area contributed by atoms with Crippen LogP contribution in [0.3, 0.4) is 0 Å². The summed E-state index contributed by atoms with van der Waals surface area (Å²) < 4.78 is 29.6. The number of carbonyl (C=O) groups excluding carboxylic acids is 1. The molecule has 4 aromatic rings. The van der Waals surface area contributed by atoms with E-state index in [2.05, 4.69) is 20.6 Å². The standard InChI is InChI=1S/C24H18ClF2N5O2/c1-14-18(10-15-6-3-2-4-7-15)22(32(31-14)23-19(25)8-5-9-28-23)24(33)30-21-16(13-29-34)11-17(26)12-20(21)27/h2-9,11-13,34H,10H2,1H3,(H,30,33)/b29-13+. The lowest BCUT2D eigenvalue weighted by molar-refractivity contribution is 0.101. The van der Waals surface area contributed by atoms with Gasteiger partial charge in [0.15, 0.2) is 5.82 Å². The van der Waals surface area contributed by atoms with Crippen molar-refractivity contribution in [3.63, 3.8) is 0 Å². The van der Waals surface area contributed by atoms with Crippen LogP contribution >= 0.6 is 11.6 Å². The number of aromatic nitrogens is 3. The van der Waals surface area contributed by atoms with E-state index in [1.165, 1.54) is 10.9 Å². The summed E-state index contributed by atoms with van der Waals surface area (Å²) in [5.74, 6) is -2.44. The Morgan fingerprint density at radius 3 is 2.68 bits per heavy atom. The minimum atomic E-state index is -1.04. The first-order chi connectivity index (χ1) is 16.4. The lowest BCUT2D eigenvalue weighted by Crippen LogP contribution is -2.21. The summed E-state index contributed by atoms with van der Waals surface area (Å²) in [7, 11) is 0. The van der Waals surface area contributed by atoms with Crippen LogP contribution in [0.2, 0.25) is 5.02 Å². The first kappa shape index (κ1) is 23.1. The van der Waals surface area contributed by atoms with Gasteiger partial charge in [-0.3, -0.25) is 4.79 Å². The average Bonchev–Trinajstić information content (AvgIpc) is 3.13. The van der Waals surface area contributed by atoms with Crippen LogP contribution < -0.4 is 5.32 Å². The van der Waals surface area contributed by atoms with E-state index in [-0.39, 0.29) is 27.8 Å². The SMILES string of the molecule is Cc1nn(-c2ncccc2Cl)c(C(=O)Nc2c(F)cc(F)cc2/C=N/O)c1Cc1ccccc1. The summed E-state index contributed by atoms with van der Waals surface area (Å²) in [6.07, 6.45) is 2.69. The van der Waals surface area contributed by atoms with Gasteiger partial charge in [0.05, 0.1) is 22.6 Å². The number of oxime groups is 1. The average molecular weight is 482 g/mol. The van der Waals surface area contributed by atoms with Crippen molar-refractivity contribution in [2.75, 3.05) is 5.32 Å². The van der Waals surface area contributed by atoms with Crippen LogP contribution in [0.5, 0.6) is 0 Å². The molecule has 172 valence electrons. The van der Waals surface area contributed by atoms with Crippen molar-refractivity contribution in [3.8, 4) is 5.82 Å². The maximum absolute atomic E-state index is 14.6. The number of amides is 1. The molecule has 4 rings (SSSR count). The highest BCUT2D eigenvalue weighted by atomic mass is 35.5. The van der Waals surface area contributed by atoms with E-state index in [0.717, 1.165) is 17.8 Å². The third kappa shape index (κ3) is 4.65. The zero-order valence-corrected chi connectivity index (χ0v) is 18.6. The van der Waals surface area contributed by atoms with E-state index in [1.807, 2.05) is 30.3 Å². The molecule has 0 aliphatic rings. The molecule has 2 aromatic heterocycles. The first-order valence-corrected chi connectivity index (χ1v) is 10.5. The number of hydrogen-bond acceptors (Lipinski definition) is 5. The van der Waals surface area contributed by atoms with E-state index < -0.39 is 17.5 Å². The molecule has 2 heterocycles. The maximum Gasteiger partial charge on any atom is 0.274 e. The van der Waals surface area contributed by atoms with Crippen molar-refractivity contribution in [1.82, 2.24) is 14.8 Å². The molecule has 2 N–H and O–H groups in total. The number of hydrogen-bond donors (Lipinski definition) is 2. The molecule has 0 spiro atoms. The van der Waals surface area contributed by atoms with E-state index in [9.17, 15) is 13.6 Å². The smallest absolute Gasteiger partial charge is 0.274 e. The van der Waals surface area contributed by atoms with Crippen LogP contribution in [0.1, 0.15) is 32.9 Å². The molecule has 0 atom stereocenters. The molecular weight excluding hydrogens is 464 g/mol. The Balaban J connectivity index is 1.86. The zero-order chi connectivity index (χ0) is 24.2.